The van der Waals surface area contributed by atoms with Gasteiger partial charge < -0.3 is 5.11 Å². The molecule has 0 aliphatic heterocycles. The quantitative estimate of drug-likeness (QED) is 0.567. The lowest BCUT2D eigenvalue weighted by Gasteiger charge is -2.36. The molecule has 64 valence electrons. The van der Waals surface area contributed by atoms with Gasteiger partial charge in [0.2, 0.25) is 0 Å². The third-order valence-electron chi connectivity index (χ3n) is 4.75. The van der Waals surface area contributed by atoms with E-state index in [1.165, 1.54) is 12.8 Å². The summed E-state index contributed by atoms with van der Waals surface area (Å²) in [5, 5.41) is 9.81. The van der Waals surface area contributed by atoms with Crippen molar-refractivity contribution in [1.29, 1.82) is 0 Å². The third-order valence-corrected chi connectivity index (χ3v) is 4.75. The first-order valence-electron chi connectivity index (χ1n) is 4.66. The van der Waals surface area contributed by atoms with E-state index in [9.17, 15) is 5.11 Å². The molecule has 0 spiro atoms. The molecule has 2 aliphatic rings. The van der Waals surface area contributed by atoms with E-state index in [1.54, 1.807) is 0 Å². The van der Waals surface area contributed by atoms with Crippen molar-refractivity contribution in [3.63, 3.8) is 0 Å². The summed E-state index contributed by atoms with van der Waals surface area (Å²) in [4.78, 5) is 0. The summed E-state index contributed by atoms with van der Waals surface area (Å²) < 4.78 is 0. The Bertz CT molecular complexity index is 185. The van der Waals surface area contributed by atoms with E-state index in [2.05, 4.69) is 20.8 Å². The predicted molar refractivity (Wildman–Crippen MR) is 45.2 cm³/mol. The Hall–Kier alpha value is -0.0400. The highest BCUT2D eigenvalue weighted by Crippen LogP contribution is 2.65. The highest BCUT2D eigenvalue weighted by atomic mass is 16.3. The van der Waals surface area contributed by atoms with Gasteiger partial charge in [-0.25, -0.2) is 0 Å². The van der Waals surface area contributed by atoms with Gasteiger partial charge in [0, 0.05) is 0 Å². The van der Waals surface area contributed by atoms with Crippen molar-refractivity contribution in [3.8, 4) is 0 Å². The first kappa shape index (κ1) is 7.60. The summed E-state index contributed by atoms with van der Waals surface area (Å²) in [6, 6.07) is 0. The fraction of sp³-hybridized carbons (Fsp3) is 1.00. The zero-order chi connectivity index (χ0) is 8.28. The molecule has 0 aromatic rings. The van der Waals surface area contributed by atoms with Crippen molar-refractivity contribution in [2.24, 2.45) is 16.7 Å². The minimum Gasteiger partial charge on any atom is -0.393 e. The molecule has 0 heterocycles. The Morgan fingerprint density at radius 2 is 1.91 bits per heavy atom. The Balaban J connectivity index is 2.40. The van der Waals surface area contributed by atoms with Gasteiger partial charge in [0.1, 0.15) is 0 Å². The lowest BCUT2D eigenvalue weighted by molar-refractivity contribution is 0.0126. The standard InChI is InChI=1S/C10H18O/c1-9(2)7-4-5-10(9,3)8(11)6-7/h7-8,11H,4-6H2,1-3H3/t7-,8+,10-/m0/s1. The zero-order valence-electron chi connectivity index (χ0n) is 7.72. The number of hydrogen-bond donors (Lipinski definition) is 1. The van der Waals surface area contributed by atoms with Gasteiger partial charge in [0.05, 0.1) is 6.10 Å². The summed E-state index contributed by atoms with van der Waals surface area (Å²) >= 11 is 0. The summed E-state index contributed by atoms with van der Waals surface area (Å²) in [5.41, 5.74) is 0.601. The average Bonchev–Trinajstić information content (AvgIpc) is 2.20. The Morgan fingerprint density at radius 1 is 1.27 bits per heavy atom. The first-order chi connectivity index (χ1) is 4.98. The van der Waals surface area contributed by atoms with Gasteiger partial charge in [-0.2, -0.15) is 0 Å². The van der Waals surface area contributed by atoms with Crippen molar-refractivity contribution in [2.75, 3.05) is 0 Å². The topological polar surface area (TPSA) is 20.2 Å². The molecule has 2 fully saturated rings. The molecule has 2 rings (SSSR count). The zero-order valence-corrected chi connectivity index (χ0v) is 7.72. The highest BCUT2D eigenvalue weighted by molar-refractivity contribution is 5.10. The molecule has 2 bridgehead atoms. The molecule has 0 radical (unpaired) electrons. The fourth-order valence-electron chi connectivity index (χ4n) is 3.16. The molecule has 0 unspecified atom stereocenters. The van der Waals surface area contributed by atoms with E-state index in [1.807, 2.05) is 0 Å². The molecule has 0 saturated heterocycles. The summed E-state index contributed by atoms with van der Waals surface area (Å²) in [6.07, 6.45) is 3.58. The highest BCUT2D eigenvalue weighted by Gasteiger charge is 2.60. The van der Waals surface area contributed by atoms with Crippen LogP contribution < -0.4 is 0 Å². The van der Waals surface area contributed by atoms with Crippen LogP contribution in [0, 0.1) is 16.7 Å². The Morgan fingerprint density at radius 3 is 2.09 bits per heavy atom. The molecule has 1 heteroatoms. The lowest BCUT2D eigenvalue weighted by atomic mass is 9.70. The van der Waals surface area contributed by atoms with E-state index >= 15 is 0 Å². The molecule has 2 saturated carbocycles. The van der Waals surface area contributed by atoms with Crippen LogP contribution in [0.5, 0.6) is 0 Å². The molecular weight excluding hydrogens is 136 g/mol. The van der Waals surface area contributed by atoms with Gasteiger partial charge in [0.25, 0.3) is 0 Å². The Labute approximate surface area is 68.8 Å². The maximum Gasteiger partial charge on any atom is 0.0601 e. The smallest absolute Gasteiger partial charge is 0.0601 e. The van der Waals surface area contributed by atoms with E-state index in [-0.39, 0.29) is 11.5 Å². The minimum atomic E-state index is -0.0313. The van der Waals surface area contributed by atoms with Crippen LogP contribution in [-0.4, -0.2) is 11.2 Å². The second-order valence-corrected chi connectivity index (χ2v) is 5.13. The second-order valence-electron chi connectivity index (χ2n) is 5.13. The van der Waals surface area contributed by atoms with E-state index in [4.69, 9.17) is 0 Å². The molecule has 2 aliphatic carbocycles. The SMILES string of the molecule is CC1(C)[C@H]2CC[C@@]1(C)[C@H](O)C2. The fourth-order valence-corrected chi connectivity index (χ4v) is 3.16. The van der Waals surface area contributed by atoms with Crippen LogP contribution in [0.2, 0.25) is 0 Å². The predicted octanol–water partition coefficient (Wildman–Crippen LogP) is 2.19. The normalized spacial score (nSPS) is 53.5. The monoisotopic (exact) mass is 154 g/mol. The van der Waals surface area contributed by atoms with Crippen molar-refractivity contribution in [2.45, 2.75) is 46.1 Å². The molecule has 0 aromatic carbocycles. The van der Waals surface area contributed by atoms with Crippen molar-refractivity contribution < 1.29 is 5.11 Å². The summed E-state index contributed by atoms with van der Waals surface area (Å²) in [6.45, 7) is 6.90. The van der Waals surface area contributed by atoms with Crippen LogP contribution >= 0.6 is 0 Å². The largest absolute Gasteiger partial charge is 0.393 e. The van der Waals surface area contributed by atoms with Crippen LogP contribution in [-0.2, 0) is 0 Å². The molecular formula is C10H18O. The maximum atomic E-state index is 9.81. The number of aliphatic hydroxyl groups excluding tert-OH is 1. The maximum absolute atomic E-state index is 9.81. The van der Waals surface area contributed by atoms with Gasteiger partial charge >= 0.3 is 0 Å². The number of fused-ring (bicyclic) bond motifs is 2. The van der Waals surface area contributed by atoms with Gasteiger partial charge in [-0.15, -0.1) is 0 Å². The molecule has 0 amide bonds. The van der Waals surface area contributed by atoms with E-state index < -0.39 is 0 Å². The van der Waals surface area contributed by atoms with E-state index in [0.29, 0.717) is 5.41 Å². The van der Waals surface area contributed by atoms with Crippen LogP contribution in [0.15, 0.2) is 0 Å². The molecule has 3 atom stereocenters. The molecule has 1 nitrogen and oxygen atoms in total. The molecule has 0 aromatic heterocycles. The van der Waals surface area contributed by atoms with Crippen LogP contribution in [0.25, 0.3) is 0 Å². The minimum absolute atomic E-state index is 0.0313. The number of hydrogen-bond acceptors (Lipinski definition) is 1. The average molecular weight is 154 g/mol. The van der Waals surface area contributed by atoms with E-state index in [0.717, 1.165) is 12.3 Å². The van der Waals surface area contributed by atoms with Crippen molar-refractivity contribution in [1.82, 2.24) is 0 Å². The second kappa shape index (κ2) is 1.82. The van der Waals surface area contributed by atoms with Gasteiger partial charge in [-0.05, 0) is 36.0 Å². The molecule has 1 N–H and O–H groups in total. The van der Waals surface area contributed by atoms with Gasteiger partial charge in [0.15, 0.2) is 0 Å². The third kappa shape index (κ3) is 0.658. The number of rotatable bonds is 0. The van der Waals surface area contributed by atoms with Crippen LogP contribution in [0.3, 0.4) is 0 Å². The van der Waals surface area contributed by atoms with Gasteiger partial charge in [-0.1, -0.05) is 20.8 Å². The number of aliphatic hydroxyl groups is 1. The molecule has 11 heavy (non-hydrogen) atoms. The van der Waals surface area contributed by atoms with Crippen LogP contribution in [0.1, 0.15) is 40.0 Å². The Kier molecular flexibility index (Phi) is 1.26. The van der Waals surface area contributed by atoms with Crippen molar-refractivity contribution in [3.05, 3.63) is 0 Å². The van der Waals surface area contributed by atoms with Crippen LogP contribution in [0.4, 0.5) is 0 Å². The summed E-state index contributed by atoms with van der Waals surface area (Å²) in [5.74, 6) is 0.780. The summed E-state index contributed by atoms with van der Waals surface area (Å²) in [7, 11) is 0. The lowest BCUT2D eigenvalue weighted by Crippen LogP contribution is -2.35. The first-order valence-corrected chi connectivity index (χ1v) is 4.66. The van der Waals surface area contributed by atoms with Gasteiger partial charge in [-0.3, -0.25) is 0 Å². The van der Waals surface area contributed by atoms with Crippen molar-refractivity contribution >= 4 is 0 Å².